The average molecular weight is 929 g/mol. The van der Waals surface area contributed by atoms with Gasteiger partial charge in [-0.2, -0.15) is 0 Å². The minimum atomic E-state index is -0.532. The predicted molar refractivity (Wildman–Crippen MR) is 307 cm³/mol. The Bertz CT molecular complexity index is 4140. The van der Waals surface area contributed by atoms with Crippen LogP contribution in [0.2, 0.25) is 0 Å². The van der Waals surface area contributed by atoms with Crippen molar-refractivity contribution >= 4 is 49.6 Å². The molecule has 0 saturated carbocycles. The molecule has 1 aromatic heterocycles. The maximum absolute atomic E-state index is 2.47. The molecular formula is C71H48N2. The number of hydrogen-bond donors (Lipinski definition) is 0. The standard InChI is InChI=1S/C71H48N2/c1-4-20-51(21-5-1)61-31-13-16-36-68(61)73-69-37-17-14-33-64(69)65-47-52(40-45-70(65)73)49-38-41-56(42-39-49)72(57-29-18-24-53(46-57)60-34-19-23-50-22-10-11-30-59(50)60)58-43-44-63-62-32-12-15-35-66(62)71(67(63)48-58,54-25-6-2-7-26-54)55-27-8-3-9-28-55/h1-48H. The predicted octanol–water partition coefficient (Wildman–Crippen LogP) is 18.8. The van der Waals surface area contributed by atoms with Gasteiger partial charge in [0, 0.05) is 33.4 Å². The van der Waals surface area contributed by atoms with Gasteiger partial charge in [0.2, 0.25) is 0 Å². The van der Waals surface area contributed by atoms with Gasteiger partial charge in [-0.25, -0.2) is 0 Å². The molecule has 0 aliphatic heterocycles. The topological polar surface area (TPSA) is 8.17 Å². The Morgan fingerprint density at radius 1 is 0.274 bits per heavy atom. The number of aromatic nitrogens is 1. The molecule has 0 radical (unpaired) electrons. The third kappa shape index (κ3) is 6.87. The highest BCUT2D eigenvalue weighted by molar-refractivity contribution is 6.11. The van der Waals surface area contributed by atoms with Crippen molar-refractivity contribution in [3.63, 3.8) is 0 Å². The van der Waals surface area contributed by atoms with Gasteiger partial charge in [-0.1, -0.05) is 231 Å². The maximum atomic E-state index is 2.47. The summed E-state index contributed by atoms with van der Waals surface area (Å²) >= 11 is 0. The molecule has 0 unspecified atom stereocenters. The van der Waals surface area contributed by atoms with Crippen molar-refractivity contribution in [3.05, 3.63) is 313 Å². The van der Waals surface area contributed by atoms with Gasteiger partial charge in [0.15, 0.2) is 0 Å². The van der Waals surface area contributed by atoms with Crippen molar-refractivity contribution in [1.82, 2.24) is 4.57 Å². The summed E-state index contributed by atoms with van der Waals surface area (Å²) in [6.07, 6.45) is 0. The largest absolute Gasteiger partial charge is 0.310 e. The van der Waals surface area contributed by atoms with E-state index in [1.807, 2.05) is 0 Å². The lowest BCUT2D eigenvalue weighted by Crippen LogP contribution is -2.28. The molecule has 1 aliphatic carbocycles. The number of fused-ring (bicyclic) bond motifs is 7. The van der Waals surface area contributed by atoms with Crippen LogP contribution in [0.5, 0.6) is 0 Å². The number of hydrogen-bond acceptors (Lipinski definition) is 1. The Hall–Kier alpha value is -9.50. The third-order valence-corrected chi connectivity index (χ3v) is 15.3. The van der Waals surface area contributed by atoms with Gasteiger partial charge in [0.25, 0.3) is 0 Å². The van der Waals surface area contributed by atoms with Crippen LogP contribution < -0.4 is 4.90 Å². The second-order valence-corrected chi connectivity index (χ2v) is 19.2. The van der Waals surface area contributed by atoms with Crippen LogP contribution in [0, 0.1) is 0 Å². The van der Waals surface area contributed by atoms with Crippen molar-refractivity contribution < 1.29 is 0 Å². The van der Waals surface area contributed by atoms with E-state index in [-0.39, 0.29) is 0 Å². The molecule has 0 N–H and O–H groups in total. The van der Waals surface area contributed by atoms with Crippen LogP contribution in [0.15, 0.2) is 291 Å². The summed E-state index contributed by atoms with van der Waals surface area (Å²) < 4.78 is 2.43. The first-order valence-corrected chi connectivity index (χ1v) is 25.2. The maximum Gasteiger partial charge on any atom is 0.0714 e. The van der Waals surface area contributed by atoms with Gasteiger partial charge >= 0.3 is 0 Å². The Morgan fingerprint density at radius 3 is 1.62 bits per heavy atom. The zero-order chi connectivity index (χ0) is 48.3. The first-order valence-electron chi connectivity index (χ1n) is 25.2. The second-order valence-electron chi connectivity index (χ2n) is 19.2. The summed E-state index contributed by atoms with van der Waals surface area (Å²) in [5.74, 6) is 0. The molecule has 0 atom stereocenters. The number of nitrogens with zero attached hydrogens (tertiary/aromatic N) is 2. The van der Waals surface area contributed by atoms with Gasteiger partial charge in [-0.05, 0) is 133 Å². The van der Waals surface area contributed by atoms with Crippen molar-refractivity contribution in [2.75, 3.05) is 4.90 Å². The van der Waals surface area contributed by atoms with Crippen LogP contribution in [0.3, 0.4) is 0 Å². The second kappa shape index (κ2) is 17.4. The van der Waals surface area contributed by atoms with Gasteiger partial charge in [0.05, 0.1) is 22.1 Å². The van der Waals surface area contributed by atoms with Crippen LogP contribution in [-0.4, -0.2) is 4.57 Å². The fourth-order valence-electron chi connectivity index (χ4n) is 12.1. The zero-order valence-corrected chi connectivity index (χ0v) is 40.1. The van der Waals surface area contributed by atoms with E-state index in [0.29, 0.717) is 0 Å². The lowest BCUT2D eigenvalue weighted by atomic mass is 9.67. The normalized spacial score (nSPS) is 12.5. The molecule has 2 nitrogen and oxygen atoms in total. The lowest BCUT2D eigenvalue weighted by molar-refractivity contribution is 0.768. The average Bonchev–Trinajstić information content (AvgIpc) is 3.96. The Balaban J connectivity index is 0.933. The lowest BCUT2D eigenvalue weighted by Gasteiger charge is -2.35. The molecule has 1 aliphatic rings. The third-order valence-electron chi connectivity index (χ3n) is 15.3. The minimum Gasteiger partial charge on any atom is -0.310 e. The van der Waals surface area contributed by atoms with Crippen LogP contribution in [0.1, 0.15) is 22.3 Å². The number of para-hydroxylation sites is 2. The summed E-state index contributed by atoms with van der Waals surface area (Å²) in [6.45, 7) is 0. The zero-order valence-electron chi connectivity index (χ0n) is 40.1. The van der Waals surface area contributed by atoms with Crippen LogP contribution in [0.25, 0.3) is 82.8 Å². The first kappa shape index (κ1) is 42.4. The molecule has 13 aromatic rings. The van der Waals surface area contributed by atoms with E-state index in [9.17, 15) is 0 Å². The molecule has 0 saturated heterocycles. The van der Waals surface area contributed by atoms with Gasteiger partial charge in [-0.3, -0.25) is 0 Å². The number of benzene rings is 12. The highest BCUT2D eigenvalue weighted by Gasteiger charge is 2.46. The molecule has 342 valence electrons. The summed E-state index contributed by atoms with van der Waals surface area (Å²) in [6, 6.07) is 107. The SMILES string of the molecule is c1ccc(-c2ccccc2-n2c3ccccc3c3cc(-c4ccc(N(c5cccc(-c6cccc7ccccc67)c5)c5ccc6c(c5)C(c5ccccc5)(c5ccccc5)c5ccccc5-6)cc4)ccc32)cc1. The summed E-state index contributed by atoms with van der Waals surface area (Å²) in [5.41, 5.74) is 21.0. The van der Waals surface area contributed by atoms with E-state index < -0.39 is 5.41 Å². The van der Waals surface area contributed by atoms with Crippen LogP contribution >= 0.6 is 0 Å². The number of anilines is 3. The van der Waals surface area contributed by atoms with E-state index >= 15 is 0 Å². The number of rotatable bonds is 9. The first-order chi connectivity index (χ1) is 36.2. The molecule has 0 bridgehead atoms. The van der Waals surface area contributed by atoms with Gasteiger partial charge in [-0.15, -0.1) is 0 Å². The highest BCUT2D eigenvalue weighted by Crippen LogP contribution is 2.57. The molecule has 0 amide bonds. The van der Waals surface area contributed by atoms with Crippen molar-refractivity contribution in [2.24, 2.45) is 0 Å². The Labute approximate surface area is 426 Å². The molecule has 0 spiro atoms. The quantitative estimate of drug-likeness (QED) is 0.140. The van der Waals surface area contributed by atoms with E-state index in [1.54, 1.807) is 0 Å². The van der Waals surface area contributed by atoms with Crippen molar-refractivity contribution in [3.8, 4) is 50.2 Å². The molecule has 2 heteroatoms. The van der Waals surface area contributed by atoms with E-state index in [1.165, 1.54) is 99.5 Å². The van der Waals surface area contributed by atoms with Crippen molar-refractivity contribution in [2.45, 2.75) is 5.41 Å². The Kier molecular flexibility index (Phi) is 10.1. The van der Waals surface area contributed by atoms with Gasteiger partial charge in [0.1, 0.15) is 0 Å². The molecule has 0 fully saturated rings. The summed E-state index contributed by atoms with van der Waals surface area (Å²) in [7, 11) is 0. The molecule has 1 heterocycles. The highest BCUT2D eigenvalue weighted by atomic mass is 15.1. The van der Waals surface area contributed by atoms with Crippen LogP contribution in [-0.2, 0) is 5.41 Å². The van der Waals surface area contributed by atoms with Crippen LogP contribution in [0.4, 0.5) is 17.1 Å². The van der Waals surface area contributed by atoms with E-state index in [4.69, 9.17) is 0 Å². The van der Waals surface area contributed by atoms with E-state index in [0.717, 1.165) is 22.6 Å². The smallest absolute Gasteiger partial charge is 0.0714 e. The molecular weight excluding hydrogens is 881 g/mol. The minimum absolute atomic E-state index is 0.532. The molecule has 73 heavy (non-hydrogen) atoms. The fraction of sp³-hybridized carbons (Fsp3) is 0.0141. The monoisotopic (exact) mass is 928 g/mol. The molecule has 14 rings (SSSR count). The molecule has 12 aromatic carbocycles. The summed E-state index contributed by atoms with van der Waals surface area (Å²) in [4.78, 5) is 2.45. The fourth-order valence-corrected chi connectivity index (χ4v) is 12.1. The Morgan fingerprint density at radius 2 is 0.822 bits per heavy atom. The summed E-state index contributed by atoms with van der Waals surface area (Å²) in [5, 5.41) is 4.93. The van der Waals surface area contributed by atoms with E-state index in [2.05, 4.69) is 301 Å². The van der Waals surface area contributed by atoms with Gasteiger partial charge < -0.3 is 9.47 Å². The van der Waals surface area contributed by atoms with Crippen molar-refractivity contribution in [1.29, 1.82) is 0 Å².